The molecule has 0 heterocycles. The van der Waals surface area contributed by atoms with Gasteiger partial charge in [0.05, 0.1) is 13.2 Å². The molecule has 0 aliphatic carbocycles. The van der Waals surface area contributed by atoms with Crippen molar-refractivity contribution in [3.8, 4) is 5.75 Å². The van der Waals surface area contributed by atoms with Gasteiger partial charge in [0.25, 0.3) is 0 Å². The molecule has 0 aliphatic heterocycles. The van der Waals surface area contributed by atoms with Crippen molar-refractivity contribution in [2.75, 3.05) is 19.8 Å². The van der Waals surface area contributed by atoms with E-state index in [9.17, 15) is 21.6 Å². The van der Waals surface area contributed by atoms with Crippen molar-refractivity contribution in [3.05, 3.63) is 23.2 Å². The SMILES string of the molecule is NS(=O)(=O)c1cc(Cl)ccc1OCCCOCC(F)(F)F. The molecule has 0 unspecified atom stereocenters. The van der Waals surface area contributed by atoms with E-state index in [1.165, 1.54) is 12.1 Å². The van der Waals surface area contributed by atoms with Gasteiger partial charge in [-0.3, -0.25) is 0 Å². The first-order valence-electron chi connectivity index (χ1n) is 5.69. The smallest absolute Gasteiger partial charge is 0.411 e. The Balaban J connectivity index is 2.50. The van der Waals surface area contributed by atoms with Gasteiger partial charge in [-0.25, -0.2) is 13.6 Å². The number of primary sulfonamides is 1. The van der Waals surface area contributed by atoms with Crippen molar-refractivity contribution in [2.45, 2.75) is 17.5 Å². The van der Waals surface area contributed by atoms with Gasteiger partial charge < -0.3 is 9.47 Å². The van der Waals surface area contributed by atoms with Crippen LogP contribution >= 0.6 is 11.6 Å². The summed E-state index contributed by atoms with van der Waals surface area (Å²) >= 11 is 5.67. The predicted molar refractivity (Wildman–Crippen MR) is 69.8 cm³/mol. The third-order valence-corrected chi connectivity index (χ3v) is 3.34. The lowest BCUT2D eigenvalue weighted by Crippen LogP contribution is -2.18. The van der Waals surface area contributed by atoms with E-state index in [0.29, 0.717) is 0 Å². The highest BCUT2D eigenvalue weighted by Crippen LogP contribution is 2.26. The first kappa shape index (κ1) is 18.0. The molecule has 5 nitrogen and oxygen atoms in total. The van der Waals surface area contributed by atoms with Crippen molar-refractivity contribution in [1.29, 1.82) is 0 Å². The predicted octanol–water partition coefficient (Wildman–Crippen LogP) is 2.34. The second kappa shape index (κ2) is 7.30. The summed E-state index contributed by atoms with van der Waals surface area (Å²) in [6.45, 7) is -1.53. The second-order valence-electron chi connectivity index (χ2n) is 4.01. The summed E-state index contributed by atoms with van der Waals surface area (Å²) in [7, 11) is -4.01. The van der Waals surface area contributed by atoms with Crippen molar-refractivity contribution < 1.29 is 31.1 Å². The highest BCUT2D eigenvalue weighted by Gasteiger charge is 2.27. The maximum absolute atomic E-state index is 11.8. The third kappa shape index (κ3) is 6.98. The van der Waals surface area contributed by atoms with Crippen LogP contribution in [0.2, 0.25) is 5.02 Å². The van der Waals surface area contributed by atoms with Crippen LogP contribution in [-0.2, 0) is 14.8 Å². The molecule has 0 fully saturated rings. The van der Waals surface area contributed by atoms with Crippen LogP contribution in [-0.4, -0.2) is 34.4 Å². The summed E-state index contributed by atoms with van der Waals surface area (Å²) in [5.41, 5.74) is 0. The quantitative estimate of drug-likeness (QED) is 0.768. The van der Waals surface area contributed by atoms with Crippen LogP contribution in [0.1, 0.15) is 6.42 Å². The summed E-state index contributed by atoms with van der Waals surface area (Å²) < 4.78 is 67.6. The van der Waals surface area contributed by atoms with Crippen molar-refractivity contribution >= 4 is 21.6 Å². The lowest BCUT2D eigenvalue weighted by atomic mass is 10.3. The summed E-state index contributed by atoms with van der Waals surface area (Å²) in [4.78, 5) is -0.286. The molecule has 1 aromatic rings. The van der Waals surface area contributed by atoms with E-state index in [-0.39, 0.29) is 35.3 Å². The lowest BCUT2D eigenvalue weighted by molar-refractivity contribution is -0.174. The molecule has 10 heteroatoms. The third-order valence-electron chi connectivity index (χ3n) is 2.17. The van der Waals surface area contributed by atoms with Crippen LogP contribution < -0.4 is 9.88 Å². The first-order valence-corrected chi connectivity index (χ1v) is 7.62. The van der Waals surface area contributed by atoms with Crippen LogP contribution in [0.5, 0.6) is 5.75 Å². The zero-order valence-electron chi connectivity index (χ0n) is 10.7. The number of hydrogen-bond donors (Lipinski definition) is 1. The standard InChI is InChI=1S/C11H13ClF3NO4S/c12-8-2-3-9(10(6-8)21(16,17)18)20-5-1-4-19-7-11(13,14)15/h2-3,6H,1,4-5,7H2,(H2,16,17,18). The van der Waals surface area contributed by atoms with E-state index < -0.39 is 22.8 Å². The van der Waals surface area contributed by atoms with Crippen LogP contribution in [0.3, 0.4) is 0 Å². The number of alkyl halides is 3. The molecule has 0 saturated carbocycles. The number of rotatable bonds is 7. The number of nitrogens with two attached hydrogens (primary N) is 1. The highest BCUT2D eigenvalue weighted by molar-refractivity contribution is 7.89. The normalized spacial score (nSPS) is 12.4. The van der Waals surface area contributed by atoms with E-state index in [1.807, 2.05) is 0 Å². The monoisotopic (exact) mass is 347 g/mol. The molecular weight excluding hydrogens is 335 g/mol. The molecule has 2 N–H and O–H groups in total. The summed E-state index contributed by atoms with van der Waals surface area (Å²) in [5.74, 6) is -0.0160. The van der Waals surface area contributed by atoms with Gasteiger partial charge in [-0.15, -0.1) is 0 Å². The maximum Gasteiger partial charge on any atom is 0.411 e. The maximum atomic E-state index is 11.8. The van der Waals surface area contributed by atoms with Gasteiger partial charge in [0.2, 0.25) is 10.0 Å². The molecule has 0 aromatic heterocycles. The van der Waals surface area contributed by atoms with Gasteiger partial charge in [-0.05, 0) is 18.2 Å². The fraction of sp³-hybridized carbons (Fsp3) is 0.455. The molecule has 0 radical (unpaired) electrons. The first-order chi connectivity index (χ1) is 9.59. The van der Waals surface area contributed by atoms with E-state index in [2.05, 4.69) is 4.74 Å². The largest absolute Gasteiger partial charge is 0.492 e. The topological polar surface area (TPSA) is 78.6 Å². The van der Waals surface area contributed by atoms with E-state index in [4.69, 9.17) is 21.5 Å². The Morgan fingerprint density at radius 2 is 1.90 bits per heavy atom. The molecule has 1 rings (SSSR count). The van der Waals surface area contributed by atoms with Gasteiger partial charge in [-0.1, -0.05) is 11.6 Å². The molecule has 0 atom stereocenters. The van der Waals surface area contributed by atoms with E-state index in [0.717, 1.165) is 6.07 Å². The summed E-state index contributed by atoms with van der Waals surface area (Å²) in [6, 6.07) is 3.86. The number of benzene rings is 1. The van der Waals surface area contributed by atoms with Gasteiger partial charge in [0.15, 0.2) is 0 Å². The van der Waals surface area contributed by atoms with Crippen molar-refractivity contribution in [1.82, 2.24) is 0 Å². The van der Waals surface area contributed by atoms with Crippen LogP contribution in [0.15, 0.2) is 23.1 Å². The van der Waals surface area contributed by atoms with Gasteiger partial charge in [0.1, 0.15) is 17.3 Å². The Kier molecular flexibility index (Phi) is 6.26. The van der Waals surface area contributed by atoms with Crippen LogP contribution in [0.25, 0.3) is 0 Å². The molecule has 0 spiro atoms. The van der Waals surface area contributed by atoms with Gasteiger partial charge in [0, 0.05) is 11.4 Å². The van der Waals surface area contributed by atoms with Crippen molar-refractivity contribution in [3.63, 3.8) is 0 Å². The number of ether oxygens (including phenoxy) is 2. The fourth-order valence-corrected chi connectivity index (χ4v) is 2.29. The molecule has 1 aromatic carbocycles. The Hall–Kier alpha value is -1.03. The van der Waals surface area contributed by atoms with Crippen molar-refractivity contribution in [2.24, 2.45) is 5.14 Å². The minimum absolute atomic E-state index is 0.0160. The average molecular weight is 348 g/mol. The molecule has 21 heavy (non-hydrogen) atoms. The second-order valence-corrected chi connectivity index (χ2v) is 5.97. The Morgan fingerprint density at radius 1 is 1.24 bits per heavy atom. The number of halogens is 4. The van der Waals surface area contributed by atoms with Gasteiger partial charge in [-0.2, -0.15) is 13.2 Å². The fourth-order valence-electron chi connectivity index (χ4n) is 1.35. The molecule has 0 aliphatic rings. The molecule has 120 valence electrons. The molecule has 0 saturated heterocycles. The molecule has 0 amide bonds. The summed E-state index contributed by atoms with van der Waals surface area (Å²) in [5, 5.41) is 5.18. The average Bonchev–Trinajstić information content (AvgIpc) is 2.32. The number of sulfonamides is 1. The van der Waals surface area contributed by atoms with E-state index in [1.54, 1.807) is 0 Å². The zero-order valence-corrected chi connectivity index (χ0v) is 12.3. The Bertz CT molecular complexity index is 577. The minimum Gasteiger partial charge on any atom is -0.492 e. The lowest BCUT2D eigenvalue weighted by Gasteiger charge is -2.11. The minimum atomic E-state index is -4.38. The molecule has 0 bridgehead atoms. The number of hydrogen-bond acceptors (Lipinski definition) is 4. The highest BCUT2D eigenvalue weighted by atomic mass is 35.5. The van der Waals surface area contributed by atoms with Crippen LogP contribution in [0, 0.1) is 0 Å². The van der Waals surface area contributed by atoms with Crippen LogP contribution in [0.4, 0.5) is 13.2 Å². The Morgan fingerprint density at radius 3 is 2.48 bits per heavy atom. The van der Waals surface area contributed by atoms with E-state index >= 15 is 0 Å². The molecular formula is C11H13ClF3NO4S. The Labute approximate surface area is 124 Å². The van der Waals surface area contributed by atoms with Gasteiger partial charge >= 0.3 is 6.18 Å². The zero-order chi connectivity index (χ0) is 16.1. The summed E-state index contributed by atoms with van der Waals surface area (Å²) in [6.07, 6.45) is -4.22.